The van der Waals surface area contributed by atoms with Gasteiger partial charge in [0.2, 0.25) is 5.91 Å². The molecule has 4 heteroatoms. The lowest BCUT2D eigenvalue weighted by Gasteiger charge is -2.06. The van der Waals surface area contributed by atoms with Crippen LogP contribution in [0.25, 0.3) is 0 Å². The van der Waals surface area contributed by atoms with Crippen LogP contribution in [0.15, 0.2) is 18.2 Å². The number of hydrogen-bond donors (Lipinski definition) is 2. The largest absolute Gasteiger partial charge is 0.352 e. The first-order chi connectivity index (χ1) is 8.13. The average molecular weight is 238 g/mol. The van der Waals surface area contributed by atoms with Gasteiger partial charge in [-0.2, -0.15) is 0 Å². The molecular formula is C13H19FN2O. The molecule has 0 unspecified atom stereocenters. The molecule has 3 nitrogen and oxygen atoms in total. The molecule has 0 saturated heterocycles. The van der Waals surface area contributed by atoms with Crippen molar-refractivity contribution in [1.82, 2.24) is 5.32 Å². The lowest BCUT2D eigenvalue weighted by atomic mass is 10.1. The standard InChI is InChI=1S/C13H19FN2O/c1-10-5-6-11(8-12(10)14)9-16-13(17)4-2-3-7-15/h5-6,8H,2-4,7,9,15H2,1H3,(H,16,17). The molecule has 0 aliphatic carbocycles. The summed E-state index contributed by atoms with van der Waals surface area (Å²) < 4.78 is 13.2. The van der Waals surface area contributed by atoms with Crippen molar-refractivity contribution in [1.29, 1.82) is 0 Å². The van der Waals surface area contributed by atoms with E-state index >= 15 is 0 Å². The molecule has 1 rings (SSSR count). The molecule has 0 aliphatic heterocycles. The van der Waals surface area contributed by atoms with Crippen LogP contribution in [0.2, 0.25) is 0 Å². The van der Waals surface area contributed by atoms with E-state index in [2.05, 4.69) is 5.32 Å². The number of unbranched alkanes of at least 4 members (excludes halogenated alkanes) is 1. The minimum atomic E-state index is -0.236. The van der Waals surface area contributed by atoms with Crippen LogP contribution in [0.4, 0.5) is 4.39 Å². The minimum absolute atomic E-state index is 0.0144. The monoisotopic (exact) mass is 238 g/mol. The van der Waals surface area contributed by atoms with Crippen molar-refractivity contribution in [3.8, 4) is 0 Å². The average Bonchev–Trinajstić information content (AvgIpc) is 2.31. The topological polar surface area (TPSA) is 55.1 Å². The van der Waals surface area contributed by atoms with Crippen molar-refractivity contribution in [3.05, 3.63) is 35.1 Å². The Morgan fingerprint density at radius 2 is 2.18 bits per heavy atom. The van der Waals surface area contributed by atoms with Crippen LogP contribution >= 0.6 is 0 Å². The Morgan fingerprint density at radius 1 is 1.41 bits per heavy atom. The van der Waals surface area contributed by atoms with Gasteiger partial charge in [0, 0.05) is 13.0 Å². The summed E-state index contributed by atoms with van der Waals surface area (Å²) in [6, 6.07) is 4.99. The lowest BCUT2D eigenvalue weighted by Crippen LogP contribution is -2.22. The molecule has 0 aromatic heterocycles. The van der Waals surface area contributed by atoms with E-state index in [0.717, 1.165) is 18.4 Å². The molecule has 0 bridgehead atoms. The minimum Gasteiger partial charge on any atom is -0.352 e. The number of amides is 1. The SMILES string of the molecule is Cc1ccc(CNC(=O)CCCCN)cc1F. The van der Waals surface area contributed by atoms with Gasteiger partial charge in [0.15, 0.2) is 0 Å². The molecule has 0 spiro atoms. The second-order valence-electron chi connectivity index (χ2n) is 4.11. The van der Waals surface area contributed by atoms with Gasteiger partial charge >= 0.3 is 0 Å². The van der Waals surface area contributed by atoms with E-state index in [1.807, 2.05) is 6.07 Å². The summed E-state index contributed by atoms with van der Waals surface area (Å²) in [5.74, 6) is -0.251. The number of benzene rings is 1. The zero-order valence-electron chi connectivity index (χ0n) is 10.1. The second kappa shape index (κ2) is 7.01. The summed E-state index contributed by atoms with van der Waals surface area (Å²) in [5.41, 5.74) is 6.73. The van der Waals surface area contributed by atoms with Crippen LogP contribution in [0.1, 0.15) is 30.4 Å². The fraction of sp³-hybridized carbons (Fsp3) is 0.462. The Hall–Kier alpha value is -1.42. The predicted molar refractivity (Wildman–Crippen MR) is 65.9 cm³/mol. The Kier molecular flexibility index (Phi) is 5.63. The zero-order valence-corrected chi connectivity index (χ0v) is 10.1. The Bertz CT molecular complexity index is 380. The van der Waals surface area contributed by atoms with E-state index in [9.17, 15) is 9.18 Å². The number of nitrogens with one attached hydrogen (secondary N) is 1. The molecular weight excluding hydrogens is 219 g/mol. The third kappa shape index (κ3) is 4.95. The van der Waals surface area contributed by atoms with Gasteiger partial charge in [0.05, 0.1) is 0 Å². The van der Waals surface area contributed by atoms with Gasteiger partial charge in [-0.25, -0.2) is 4.39 Å². The summed E-state index contributed by atoms with van der Waals surface area (Å²) in [4.78, 5) is 11.4. The van der Waals surface area contributed by atoms with Gasteiger partial charge in [0.1, 0.15) is 5.82 Å². The van der Waals surface area contributed by atoms with Crippen molar-refractivity contribution in [2.75, 3.05) is 6.54 Å². The molecule has 0 heterocycles. The zero-order chi connectivity index (χ0) is 12.7. The fourth-order valence-electron chi connectivity index (χ4n) is 1.47. The summed E-state index contributed by atoms with van der Waals surface area (Å²) in [6.07, 6.45) is 2.13. The van der Waals surface area contributed by atoms with Crippen molar-refractivity contribution < 1.29 is 9.18 Å². The first kappa shape index (κ1) is 13.6. The van der Waals surface area contributed by atoms with E-state index in [0.29, 0.717) is 25.1 Å². The van der Waals surface area contributed by atoms with Crippen molar-refractivity contribution in [3.63, 3.8) is 0 Å². The molecule has 0 aliphatic rings. The normalized spacial score (nSPS) is 10.3. The first-order valence-electron chi connectivity index (χ1n) is 5.85. The highest BCUT2D eigenvalue weighted by atomic mass is 19.1. The van der Waals surface area contributed by atoms with Crippen molar-refractivity contribution >= 4 is 5.91 Å². The van der Waals surface area contributed by atoms with E-state index in [-0.39, 0.29) is 11.7 Å². The third-order valence-electron chi connectivity index (χ3n) is 2.58. The van der Waals surface area contributed by atoms with Crippen LogP contribution in [-0.4, -0.2) is 12.5 Å². The molecule has 1 aromatic rings. The van der Waals surface area contributed by atoms with E-state index < -0.39 is 0 Å². The number of aryl methyl sites for hydroxylation is 1. The Morgan fingerprint density at radius 3 is 2.82 bits per heavy atom. The molecule has 0 atom stereocenters. The van der Waals surface area contributed by atoms with E-state index in [4.69, 9.17) is 5.73 Å². The molecule has 17 heavy (non-hydrogen) atoms. The van der Waals surface area contributed by atoms with Crippen LogP contribution in [0.3, 0.4) is 0 Å². The molecule has 0 saturated carbocycles. The number of rotatable bonds is 6. The van der Waals surface area contributed by atoms with Gasteiger partial charge < -0.3 is 11.1 Å². The number of carbonyl (C=O) groups excluding carboxylic acids is 1. The molecule has 94 valence electrons. The number of nitrogens with two attached hydrogens (primary N) is 1. The van der Waals surface area contributed by atoms with Crippen molar-refractivity contribution in [2.24, 2.45) is 5.73 Å². The molecule has 0 radical (unpaired) electrons. The smallest absolute Gasteiger partial charge is 0.220 e. The van der Waals surface area contributed by atoms with E-state index in [1.54, 1.807) is 13.0 Å². The maximum atomic E-state index is 13.2. The van der Waals surface area contributed by atoms with Crippen LogP contribution in [-0.2, 0) is 11.3 Å². The molecule has 3 N–H and O–H groups in total. The third-order valence-corrected chi connectivity index (χ3v) is 2.58. The fourth-order valence-corrected chi connectivity index (χ4v) is 1.47. The number of halogens is 1. The van der Waals surface area contributed by atoms with Gasteiger partial charge in [-0.05, 0) is 43.5 Å². The van der Waals surface area contributed by atoms with Crippen molar-refractivity contribution in [2.45, 2.75) is 32.7 Å². The van der Waals surface area contributed by atoms with Gasteiger partial charge in [-0.3, -0.25) is 4.79 Å². The summed E-state index contributed by atoms with van der Waals surface area (Å²) in [7, 11) is 0. The van der Waals surface area contributed by atoms with Crippen LogP contribution in [0, 0.1) is 12.7 Å². The summed E-state index contributed by atoms with van der Waals surface area (Å²) in [6.45, 7) is 2.69. The Balaban J connectivity index is 2.34. The number of hydrogen-bond acceptors (Lipinski definition) is 2. The maximum absolute atomic E-state index is 13.2. The Labute approximate surface area is 101 Å². The molecule has 1 aromatic carbocycles. The lowest BCUT2D eigenvalue weighted by molar-refractivity contribution is -0.121. The van der Waals surface area contributed by atoms with Gasteiger partial charge in [-0.1, -0.05) is 12.1 Å². The first-order valence-corrected chi connectivity index (χ1v) is 5.85. The number of carbonyl (C=O) groups is 1. The highest BCUT2D eigenvalue weighted by molar-refractivity contribution is 5.75. The highest BCUT2D eigenvalue weighted by Gasteiger charge is 2.02. The highest BCUT2D eigenvalue weighted by Crippen LogP contribution is 2.08. The van der Waals surface area contributed by atoms with Crippen LogP contribution in [0.5, 0.6) is 0 Å². The predicted octanol–water partition coefficient (Wildman–Crippen LogP) is 1.88. The molecule has 1 amide bonds. The summed E-state index contributed by atoms with van der Waals surface area (Å²) in [5, 5.41) is 2.76. The quantitative estimate of drug-likeness (QED) is 0.743. The van der Waals surface area contributed by atoms with E-state index in [1.165, 1.54) is 6.07 Å². The maximum Gasteiger partial charge on any atom is 0.220 e. The van der Waals surface area contributed by atoms with Gasteiger partial charge in [0.25, 0.3) is 0 Å². The molecule has 0 fully saturated rings. The second-order valence-corrected chi connectivity index (χ2v) is 4.11. The summed E-state index contributed by atoms with van der Waals surface area (Å²) >= 11 is 0. The van der Waals surface area contributed by atoms with Crippen LogP contribution < -0.4 is 11.1 Å². The van der Waals surface area contributed by atoms with Gasteiger partial charge in [-0.15, -0.1) is 0 Å².